The Kier molecular flexibility index (Phi) is 6.76. The van der Waals surface area contributed by atoms with Crippen molar-refractivity contribution in [3.05, 3.63) is 84.2 Å². The number of aryl methyl sites for hydroxylation is 2. The lowest BCUT2D eigenvalue weighted by atomic mass is 10.0. The van der Waals surface area contributed by atoms with Crippen molar-refractivity contribution in [3.63, 3.8) is 0 Å². The molecule has 5 heterocycles. The van der Waals surface area contributed by atoms with Crippen molar-refractivity contribution in [2.24, 2.45) is 5.41 Å². The molecule has 2 amide bonds. The molecule has 1 saturated carbocycles. The summed E-state index contributed by atoms with van der Waals surface area (Å²) in [6.07, 6.45) is 6.58. The van der Waals surface area contributed by atoms with E-state index in [1.165, 1.54) is 6.92 Å². The number of hydrogen-bond donors (Lipinski definition) is 1. The molecule has 0 bridgehead atoms. The first kappa shape index (κ1) is 28.5. The smallest absolute Gasteiger partial charge is 0.248 e. The van der Waals surface area contributed by atoms with Crippen molar-refractivity contribution in [3.8, 4) is 22.5 Å². The lowest BCUT2D eigenvalue weighted by molar-refractivity contribution is -0.138. The average Bonchev–Trinajstić information content (AvgIpc) is 3.40. The number of likely N-dealkylation sites (tertiary alicyclic amines) is 1. The maximum atomic E-state index is 14.0. The molecule has 5 aromatic rings. The van der Waals surface area contributed by atoms with E-state index in [1.54, 1.807) is 28.2 Å². The van der Waals surface area contributed by atoms with Crippen LogP contribution in [0.25, 0.3) is 33.4 Å². The molecule has 11 nitrogen and oxygen atoms in total. The Morgan fingerprint density at radius 2 is 1.76 bits per heavy atom. The van der Waals surface area contributed by atoms with E-state index >= 15 is 0 Å². The molecule has 1 aromatic carbocycles. The Morgan fingerprint density at radius 3 is 2.49 bits per heavy atom. The van der Waals surface area contributed by atoms with Gasteiger partial charge in [-0.1, -0.05) is 25.1 Å². The molecule has 2 aliphatic rings. The molecule has 11 heteroatoms. The molecule has 2 fully saturated rings. The lowest BCUT2D eigenvalue weighted by Gasteiger charge is -2.27. The summed E-state index contributed by atoms with van der Waals surface area (Å²) in [5.74, 6) is 0.419. The van der Waals surface area contributed by atoms with E-state index in [1.807, 2.05) is 62.4 Å². The summed E-state index contributed by atoms with van der Waals surface area (Å²) in [6, 6.07) is 14.3. The lowest BCUT2D eigenvalue weighted by Crippen LogP contribution is -2.47. The number of anilines is 1. The van der Waals surface area contributed by atoms with Gasteiger partial charge in [0, 0.05) is 42.5 Å². The number of piperidine rings is 1. The van der Waals surface area contributed by atoms with Crippen molar-refractivity contribution in [1.82, 2.24) is 34.6 Å². The number of pyridine rings is 2. The minimum absolute atomic E-state index is 0.0306. The van der Waals surface area contributed by atoms with Crippen LogP contribution in [0.15, 0.2) is 67.1 Å². The Bertz CT molecular complexity index is 1990. The first-order valence-electron chi connectivity index (χ1n) is 14.9. The van der Waals surface area contributed by atoms with E-state index in [-0.39, 0.29) is 41.3 Å². The third-order valence-corrected chi connectivity index (χ3v) is 8.98. The van der Waals surface area contributed by atoms with Gasteiger partial charge in [0.1, 0.15) is 29.9 Å². The van der Waals surface area contributed by atoms with Crippen LogP contribution in [0.3, 0.4) is 0 Å². The van der Waals surface area contributed by atoms with Crippen LogP contribution in [0.2, 0.25) is 0 Å². The number of Topliss-reactive ketones (excluding diaryl/α,β-unsaturated/α-hetero) is 1. The van der Waals surface area contributed by atoms with Gasteiger partial charge in [-0.3, -0.25) is 24.0 Å². The second kappa shape index (κ2) is 10.7. The molecule has 1 N–H and O–H groups in total. The third-order valence-electron chi connectivity index (χ3n) is 8.98. The second-order valence-electron chi connectivity index (χ2n) is 12.3. The highest BCUT2D eigenvalue weighted by Gasteiger charge is 2.64. The maximum Gasteiger partial charge on any atom is 0.248 e. The molecule has 1 aliphatic heterocycles. The Hall–Kier alpha value is -5.32. The molecule has 1 saturated heterocycles. The van der Waals surface area contributed by atoms with E-state index in [0.717, 1.165) is 23.1 Å². The first-order chi connectivity index (χ1) is 21.6. The third kappa shape index (κ3) is 5.13. The molecule has 4 aromatic heterocycles. The fraction of sp³-hybridized carbons (Fsp3) is 0.294. The number of benzene rings is 1. The molecule has 226 valence electrons. The van der Waals surface area contributed by atoms with Gasteiger partial charge in [0.05, 0.1) is 16.9 Å². The van der Waals surface area contributed by atoms with Crippen molar-refractivity contribution in [2.45, 2.75) is 59.2 Å². The Morgan fingerprint density at radius 1 is 0.956 bits per heavy atom. The van der Waals surface area contributed by atoms with Crippen molar-refractivity contribution in [2.75, 3.05) is 5.32 Å². The minimum Gasteiger partial charge on any atom is -0.325 e. The van der Waals surface area contributed by atoms with Crippen LogP contribution in [0.5, 0.6) is 0 Å². The number of ketones is 1. The molecular weight excluding hydrogens is 568 g/mol. The number of amides is 2. The predicted octanol–water partition coefficient (Wildman–Crippen LogP) is 4.79. The van der Waals surface area contributed by atoms with Gasteiger partial charge in [-0.15, -0.1) is 0 Å². The van der Waals surface area contributed by atoms with Crippen LogP contribution in [-0.4, -0.2) is 64.3 Å². The summed E-state index contributed by atoms with van der Waals surface area (Å²) in [5, 5.41) is 8.21. The standard InChI is InChI=1S/C34H32N8O3/c1-19-8-10-26(25-7-5-6-12-35-25)38-32(19)39-33(45)28-14-34(4)15-29(34)42(28)30(44)18-41-27-11-9-22(23-16-36-21(3)37-17-23)13-24(27)31(40-41)20(2)43/h5-13,16-17,28-29H,14-15,18H2,1-4H3,(H,38,39,45)/t28-,29?,34-/m0/s1. The van der Waals surface area contributed by atoms with Gasteiger partial charge >= 0.3 is 0 Å². The SMILES string of the molecule is CC(=O)c1nn(CC(=O)N2C3C[C@]3(C)C[C@H]2C(=O)Nc2nc(-c3ccccn3)ccc2C)c2ccc(-c3cnc(C)nc3)cc12. The Balaban J connectivity index is 1.15. The quantitative estimate of drug-likeness (QED) is 0.264. The van der Waals surface area contributed by atoms with Gasteiger partial charge in [0.25, 0.3) is 0 Å². The maximum absolute atomic E-state index is 14.0. The monoisotopic (exact) mass is 600 g/mol. The van der Waals surface area contributed by atoms with Crippen LogP contribution in [0.1, 0.15) is 48.6 Å². The fourth-order valence-corrected chi connectivity index (χ4v) is 6.36. The van der Waals surface area contributed by atoms with Crippen LogP contribution < -0.4 is 5.32 Å². The number of rotatable bonds is 7. The number of nitrogens with zero attached hydrogens (tertiary/aromatic N) is 7. The van der Waals surface area contributed by atoms with Gasteiger partial charge in [-0.2, -0.15) is 5.10 Å². The fourth-order valence-electron chi connectivity index (χ4n) is 6.36. The largest absolute Gasteiger partial charge is 0.325 e. The molecule has 0 spiro atoms. The number of carbonyl (C=O) groups is 3. The van der Waals surface area contributed by atoms with Crippen molar-refractivity contribution >= 4 is 34.3 Å². The summed E-state index contributed by atoms with van der Waals surface area (Å²) in [5.41, 5.74) is 4.66. The Labute approximate surface area is 259 Å². The minimum atomic E-state index is -0.650. The van der Waals surface area contributed by atoms with Gasteiger partial charge in [-0.05, 0) is 73.6 Å². The highest BCUT2D eigenvalue weighted by Crippen LogP contribution is 2.59. The van der Waals surface area contributed by atoms with E-state index in [2.05, 4.69) is 37.3 Å². The van der Waals surface area contributed by atoms with Crippen LogP contribution in [0.4, 0.5) is 5.82 Å². The number of hydrogen-bond acceptors (Lipinski definition) is 8. The van der Waals surface area contributed by atoms with Crippen molar-refractivity contribution in [1.29, 1.82) is 0 Å². The molecule has 3 atom stereocenters. The van der Waals surface area contributed by atoms with Crippen LogP contribution in [0, 0.1) is 19.3 Å². The zero-order valence-electron chi connectivity index (χ0n) is 25.5. The predicted molar refractivity (Wildman–Crippen MR) is 168 cm³/mol. The number of aromatic nitrogens is 6. The molecule has 1 unspecified atom stereocenters. The molecular formula is C34H32N8O3. The highest BCUT2D eigenvalue weighted by atomic mass is 16.2. The number of carbonyl (C=O) groups excluding carboxylic acids is 3. The summed E-state index contributed by atoms with van der Waals surface area (Å²) < 4.78 is 1.57. The summed E-state index contributed by atoms with van der Waals surface area (Å²) in [7, 11) is 0. The molecule has 1 aliphatic carbocycles. The summed E-state index contributed by atoms with van der Waals surface area (Å²) >= 11 is 0. The highest BCUT2D eigenvalue weighted by molar-refractivity contribution is 6.06. The zero-order chi connectivity index (χ0) is 31.5. The summed E-state index contributed by atoms with van der Waals surface area (Å²) in [6.45, 7) is 7.18. The van der Waals surface area contributed by atoms with Gasteiger partial charge < -0.3 is 10.2 Å². The van der Waals surface area contributed by atoms with E-state index in [0.29, 0.717) is 40.4 Å². The van der Waals surface area contributed by atoms with E-state index in [9.17, 15) is 14.4 Å². The van der Waals surface area contributed by atoms with E-state index < -0.39 is 6.04 Å². The topological polar surface area (TPSA) is 136 Å². The van der Waals surface area contributed by atoms with Gasteiger partial charge in [0.15, 0.2) is 5.78 Å². The molecule has 0 radical (unpaired) electrons. The number of nitrogens with one attached hydrogen (secondary N) is 1. The van der Waals surface area contributed by atoms with Gasteiger partial charge in [0.2, 0.25) is 11.8 Å². The average molecular weight is 601 g/mol. The second-order valence-corrected chi connectivity index (χ2v) is 12.3. The van der Waals surface area contributed by atoms with Crippen LogP contribution in [-0.2, 0) is 16.1 Å². The van der Waals surface area contributed by atoms with E-state index in [4.69, 9.17) is 0 Å². The first-order valence-corrected chi connectivity index (χ1v) is 14.9. The molecule has 45 heavy (non-hydrogen) atoms. The number of fused-ring (bicyclic) bond motifs is 2. The normalized spacial score (nSPS) is 20.2. The summed E-state index contributed by atoms with van der Waals surface area (Å²) in [4.78, 5) is 59.6. The molecule has 7 rings (SSSR count). The van der Waals surface area contributed by atoms with Crippen LogP contribution >= 0.6 is 0 Å². The zero-order valence-corrected chi connectivity index (χ0v) is 25.5. The van der Waals surface area contributed by atoms with Crippen molar-refractivity contribution < 1.29 is 14.4 Å². The van der Waals surface area contributed by atoms with Gasteiger partial charge in [-0.25, -0.2) is 15.0 Å².